The van der Waals surface area contributed by atoms with Crippen LogP contribution in [0.4, 0.5) is 21.6 Å². The topological polar surface area (TPSA) is 152 Å². The number of carbonyl (C=O) groups excluding carboxylic acids is 3. The molecule has 3 aromatic heterocycles. The van der Waals surface area contributed by atoms with Crippen LogP contribution in [-0.2, 0) is 22.7 Å². The van der Waals surface area contributed by atoms with Gasteiger partial charge in [-0.05, 0) is 73.4 Å². The highest BCUT2D eigenvalue weighted by atomic mass is 19.1. The van der Waals surface area contributed by atoms with E-state index in [4.69, 9.17) is 4.98 Å². The number of aromatic hydroxyl groups is 1. The number of hydrogen-bond donors (Lipinski definition) is 3. The number of hydrogen-bond acceptors (Lipinski definition) is 11. The van der Waals surface area contributed by atoms with E-state index in [9.17, 15) is 23.9 Å². The molecule has 14 nitrogen and oxygen atoms in total. The Balaban J connectivity index is 0.794. The van der Waals surface area contributed by atoms with Crippen LogP contribution in [0.1, 0.15) is 53.7 Å². The number of piperazine rings is 1. The summed E-state index contributed by atoms with van der Waals surface area (Å²) in [6.07, 6.45) is 5.60. The molecule has 0 saturated carbocycles. The molecule has 3 N–H and O–H groups in total. The lowest BCUT2D eigenvalue weighted by molar-refractivity contribution is -0.136. The molecule has 15 heteroatoms. The molecular weight excluding hydrogens is 716 g/mol. The smallest absolute Gasteiger partial charge is 0.255 e. The lowest BCUT2D eigenvalue weighted by Gasteiger charge is -2.41. The van der Waals surface area contributed by atoms with Crippen LogP contribution in [0.2, 0.25) is 0 Å². The Bertz CT molecular complexity index is 2450. The Hall–Kier alpha value is -6.09. The van der Waals surface area contributed by atoms with E-state index in [2.05, 4.69) is 71.4 Å². The van der Waals surface area contributed by atoms with Crippen molar-refractivity contribution in [3.63, 3.8) is 0 Å². The van der Waals surface area contributed by atoms with Crippen LogP contribution in [0.3, 0.4) is 0 Å². The van der Waals surface area contributed by atoms with Crippen molar-refractivity contribution in [1.82, 2.24) is 34.9 Å². The molecule has 3 atom stereocenters. The summed E-state index contributed by atoms with van der Waals surface area (Å²) in [7, 11) is 0. The summed E-state index contributed by atoms with van der Waals surface area (Å²) >= 11 is 0. The Morgan fingerprint density at radius 2 is 1.86 bits per heavy atom. The molecule has 0 spiro atoms. The molecule has 0 unspecified atom stereocenters. The summed E-state index contributed by atoms with van der Waals surface area (Å²) in [5.41, 5.74) is 6.04. The first kappa shape index (κ1) is 34.4. The maximum absolute atomic E-state index is 14.2. The maximum atomic E-state index is 14.2. The van der Waals surface area contributed by atoms with Gasteiger partial charge in [-0.25, -0.2) is 9.37 Å². The third-order valence-corrected chi connectivity index (χ3v) is 12.3. The number of halogens is 1. The van der Waals surface area contributed by atoms with Crippen LogP contribution in [0.15, 0.2) is 67.0 Å². The standard InChI is InChI=1S/C41H41FN10O4/c1-41-18-28(22-52(41)34-17-32(46-47-37(34)44-23-41)29-3-2-4-31(42)36(29)54)50-10-9-25-15-24(19-43-38(25)50)20-48-11-13-49(14-12-48)27-6-5-26-21-51(40(56)30(26)16-27)33-7-8-35(53)45-39(33)55/h2-6,9-10,15-17,19,28,33,54H,7-8,11-14,18,20-23H2,1H3,(H,44,47)(H,45,53,55)/t28-,33+,41+/m1/s1. The van der Waals surface area contributed by atoms with Crippen LogP contribution in [0.5, 0.6) is 5.75 Å². The molecule has 0 aliphatic carbocycles. The minimum atomic E-state index is -0.696. The molecule has 5 aromatic rings. The summed E-state index contributed by atoms with van der Waals surface area (Å²) in [4.78, 5) is 51.2. The van der Waals surface area contributed by atoms with Gasteiger partial charge in [0.25, 0.3) is 5.91 Å². The summed E-state index contributed by atoms with van der Waals surface area (Å²) in [5, 5.41) is 26.0. The second-order valence-corrected chi connectivity index (χ2v) is 15.9. The quantitative estimate of drug-likeness (QED) is 0.215. The molecule has 3 saturated heterocycles. The summed E-state index contributed by atoms with van der Waals surface area (Å²) in [6.45, 7) is 8.21. The first-order chi connectivity index (χ1) is 27.1. The molecule has 8 heterocycles. The van der Waals surface area contributed by atoms with E-state index in [-0.39, 0.29) is 29.8 Å². The van der Waals surface area contributed by atoms with Crippen LogP contribution >= 0.6 is 0 Å². The van der Waals surface area contributed by atoms with Gasteiger partial charge in [-0.2, -0.15) is 0 Å². The van der Waals surface area contributed by atoms with Crippen molar-refractivity contribution in [2.75, 3.05) is 54.4 Å². The monoisotopic (exact) mass is 756 g/mol. The van der Waals surface area contributed by atoms with E-state index >= 15 is 0 Å². The van der Waals surface area contributed by atoms with Gasteiger partial charge in [0, 0.05) is 93.4 Å². The van der Waals surface area contributed by atoms with Crippen molar-refractivity contribution in [2.45, 2.75) is 56.9 Å². The second kappa shape index (κ2) is 13.0. The highest BCUT2D eigenvalue weighted by Gasteiger charge is 2.47. The number of anilines is 3. The van der Waals surface area contributed by atoms with E-state index in [0.717, 1.165) is 79.2 Å². The zero-order valence-electron chi connectivity index (χ0n) is 30.9. The van der Waals surface area contributed by atoms with E-state index in [1.54, 1.807) is 17.0 Å². The third-order valence-electron chi connectivity index (χ3n) is 12.3. The van der Waals surface area contributed by atoms with Crippen LogP contribution in [0, 0.1) is 5.82 Å². The number of phenols is 1. The zero-order chi connectivity index (χ0) is 38.3. The molecule has 56 heavy (non-hydrogen) atoms. The normalized spacial score (nSPS) is 23.6. The fourth-order valence-corrected chi connectivity index (χ4v) is 9.33. The Kier molecular flexibility index (Phi) is 7.99. The molecule has 5 aliphatic heterocycles. The first-order valence-electron chi connectivity index (χ1n) is 19.2. The number of pyridine rings is 1. The number of amides is 3. The van der Waals surface area contributed by atoms with Crippen molar-refractivity contribution in [2.24, 2.45) is 0 Å². The number of phenolic OH excluding ortho intramolecular Hbond substituents is 1. The summed E-state index contributed by atoms with van der Waals surface area (Å²) < 4.78 is 16.5. The number of piperidine rings is 1. The summed E-state index contributed by atoms with van der Waals surface area (Å²) in [5.74, 6) is -1.30. The number of rotatable bonds is 6. The predicted molar refractivity (Wildman–Crippen MR) is 207 cm³/mol. The molecule has 3 amide bonds. The summed E-state index contributed by atoms with van der Waals surface area (Å²) in [6, 6.07) is 16.2. The molecular formula is C41H41FN10O4. The highest BCUT2D eigenvalue weighted by Crippen LogP contribution is 2.46. The maximum Gasteiger partial charge on any atom is 0.255 e. The molecule has 10 rings (SSSR count). The zero-order valence-corrected chi connectivity index (χ0v) is 30.9. The number of fused-ring (bicyclic) bond motifs is 5. The van der Waals surface area contributed by atoms with Gasteiger partial charge in [-0.1, -0.05) is 12.1 Å². The van der Waals surface area contributed by atoms with Crippen molar-refractivity contribution in [1.29, 1.82) is 0 Å². The van der Waals surface area contributed by atoms with E-state index in [0.29, 0.717) is 42.1 Å². The Morgan fingerprint density at radius 1 is 1.00 bits per heavy atom. The predicted octanol–water partition coefficient (Wildman–Crippen LogP) is 4.06. The van der Waals surface area contributed by atoms with Gasteiger partial charge < -0.3 is 29.7 Å². The first-order valence-corrected chi connectivity index (χ1v) is 19.2. The van der Waals surface area contributed by atoms with Crippen LogP contribution < -0.4 is 20.4 Å². The molecule has 0 bridgehead atoms. The average Bonchev–Trinajstić information content (AvgIpc) is 3.88. The number of carbonyl (C=O) groups is 3. The van der Waals surface area contributed by atoms with Crippen molar-refractivity contribution in [3.05, 3.63) is 89.5 Å². The molecule has 5 aliphatic rings. The van der Waals surface area contributed by atoms with Gasteiger partial charge in [-0.15, -0.1) is 10.2 Å². The molecule has 286 valence electrons. The van der Waals surface area contributed by atoms with Gasteiger partial charge in [0.05, 0.1) is 23.0 Å². The Labute approximate surface area is 321 Å². The lowest BCUT2D eigenvalue weighted by atomic mass is 9.95. The van der Waals surface area contributed by atoms with E-state index < -0.39 is 23.5 Å². The van der Waals surface area contributed by atoms with Gasteiger partial charge >= 0.3 is 0 Å². The fraction of sp³-hybridized carbons (Fsp3) is 0.366. The Morgan fingerprint density at radius 3 is 2.70 bits per heavy atom. The highest BCUT2D eigenvalue weighted by molar-refractivity contribution is 6.05. The van der Waals surface area contributed by atoms with Gasteiger partial charge in [0.15, 0.2) is 17.4 Å². The lowest BCUT2D eigenvalue weighted by Crippen LogP contribution is -2.52. The van der Waals surface area contributed by atoms with Crippen LogP contribution in [-0.4, -0.2) is 103 Å². The number of imide groups is 1. The third kappa shape index (κ3) is 5.71. The number of aromatic nitrogens is 4. The number of nitrogens with zero attached hydrogens (tertiary/aromatic N) is 8. The average molecular weight is 757 g/mol. The fourth-order valence-electron chi connectivity index (χ4n) is 9.33. The number of benzene rings is 2. The minimum Gasteiger partial charge on any atom is -0.504 e. The van der Waals surface area contributed by atoms with Crippen LogP contribution in [0.25, 0.3) is 22.3 Å². The SMILES string of the molecule is C[C@]12CNc3nnc(-c4cccc(F)c4O)cc3N1C[C@H](n1ccc3cc(CN4CCN(c5ccc6c(c5)C(=O)N([C@H]5CCC(=O)NC5=O)C6)CC4)cnc31)C2. The second-order valence-electron chi connectivity index (χ2n) is 15.9. The largest absolute Gasteiger partial charge is 0.504 e. The number of nitrogens with one attached hydrogen (secondary N) is 2. The van der Waals surface area contributed by atoms with Crippen molar-refractivity contribution < 1.29 is 23.9 Å². The van der Waals surface area contributed by atoms with E-state index in [1.165, 1.54) is 6.07 Å². The number of para-hydroxylation sites is 1. The molecule has 3 fully saturated rings. The molecule has 0 radical (unpaired) electrons. The minimum absolute atomic E-state index is 0.153. The molecule has 2 aromatic carbocycles. The van der Waals surface area contributed by atoms with Crippen molar-refractivity contribution in [3.8, 4) is 17.0 Å². The van der Waals surface area contributed by atoms with Gasteiger partial charge in [0.1, 0.15) is 11.7 Å². The van der Waals surface area contributed by atoms with Crippen molar-refractivity contribution >= 4 is 45.9 Å². The van der Waals surface area contributed by atoms with Gasteiger partial charge in [0.2, 0.25) is 11.8 Å². The van der Waals surface area contributed by atoms with E-state index in [1.807, 2.05) is 24.4 Å². The van der Waals surface area contributed by atoms with Gasteiger partial charge in [-0.3, -0.25) is 24.6 Å².